The monoisotopic (exact) mass is 604 g/mol. The van der Waals surface area contributed by atoms with E-state index in [1.807, 2.05) is 30.3 Å². The number of hydrogen-bond acceptors (Lipinski definition) is 8. The van der Waals surface area contributed by atoms with Gasteiger partial charge in [0.05, 0.1) is 30.5 Å². The quantitative estimate of drug-likeness (QED) is 0.213. The lowest BCUT2D eigenvalue weighted by Crippen LogP contribution is -2.19. The zero-order valence-electron chi connectivity index (χ0n) is 24.1. The van der Waals surface area contributed by atoms with Crippen molar-refractivity contribution in [3.8, 4) is 29.0 Å². The molecular weight excluding hydrogens is 576 g/mol. The zero-order chi connectivity index (χ0) is 30.6. The molecule has 0 saturated heterocycles. The number of thiazole rings is 1. The van der Waals surface area contributed by atoms with Crippen molar-refractivity contribution in [2.24, 2.45) is 0 Å². The maximum absolute atomic E-state index is 13.7. The Kier molecular flexibility index (Phi) is 8.16. The number of ether oxygens (including phenoxy) is 1. The molecule has 0 bridgehead atoms. The van der Waals surface area contributed by atoms with Crippen LogP contribution in [0.4, 0.5) is 5.69 Å². The van der Waals surface area contributed by atoms with E-state index < -0.39 is 11.9 Å². The average Bonchev–Trinajstić information content (AvgIpc) is 3.65. The third kappa shape index (κ3) is 6.21. The smallest absolute Gasteiger partial charge is 0.336 e. The Labute approximate surface area is 257 Å². The number of anilines is 1. The lowest BCUT2D eigenvalue weighted by Gasteiger charge is -2.22. The molecule has 1 aliphatic carbocycles. The van der Waals surface area contributed by atoms with E-state index in [-0.39, 0.29) is 17.0 Å². The first-order chi connectivity index (χ1) is 21.4. The molecule has 1 saturated carbocycles. The Morgan fingerprint density at radius 2 is 1.93 bits per heavy atom. The number of methoxy groups -OCH3 is 1. The number of tetrazole rings is 1. The number of aromatic nitrogens is 5. The molecule has 2 heterocycles. The molecule has 220 valence electrons. The van der Waals surface area contributed by atoms with Gasteiger partial charge in [-0.2, -0.15) is 4.80 Å². The van der Waals surface area contributed by atoms with Gasteiger partial charge in [-0.05, 0) is 78.4 Å². The van der Waals surface area contributed by atoms with Gasteiger partial charge in [-0.25, -0.2) is 9.78 Å². The summed E-state index contributed by atoms with van der Waals surface area (Å²) in [5.74, 6) is 5.82. The minimum absolute atomic E-state index is 0.0516. The summed E-state index contributed by atoms with van der Waals surface area (Å²) in [6.07, 6.45) is 3.62. The van der Waals surface area contributed by atoms with Gasteiger partial charge in [-0.1, -0.05) is 36.6 Å². The molecule has 1 fully saturated rings. The topological polar surface area (TPSA) is 132 Å². The molecule has 0 aliphatic heterocycles. The highest BCUT2D eigenvalue weighted by Crippen LogP contribution is 2.36. The molecule has 6 rings (SSSR count). The van der Waals surface area contributed by atoms with E-state index in [9.17, 15) is 14.7 Å². The molecule has 11 heteroatoms. The predicted octanol–water partition coefficient (Wildman–Crippen LogP) is 5.78. The first kappa shape index (κ1) is 28.8. The molecule has 0 spiro atoms. The summed E-state index contributed by atoms with van der Waals surface area (Å²) in [4.78, 5) is 32.0. The summed E-state index contributed by atoms with van der Waals surface area (Å²) in [7, 11) is 1.60. The summed E-state index contributed by atoms with van der Waals surface area (Å²) in [6, 6.07) is 17.6. The highest BCUT2D eigenvalue weighted by Gasteiger charge is 2.26. The second-order valence-electron chi connectivity index (χ2n) is 10.5. The Morgan fingerprint density at radius 1 is 1.11 bits per heavy atom. The number of carbonyl (C=O) groups excluding carboxylic acids is 1. The molecule has 5 aromatic rings. The van der Waals surface area contributed by atoms with Crippen molar-refractivity contribution in [2.75, 3.05) is 12.4 Å². The molecular formula is C33H28N6O4S. The van der Waals surface area contributed by atoms with Crippen molar-refractivity contribution in [3.05, 3.63) is 105 Å². The number of benzene rings is 3. The number of amides is 1. The van der Waals surface area contributed by atoms with Crippen LogP contribution in [0, 0.1) is 18.8 Å². The summed E-state index contributed by atoms with van der Waals surface area (Å²) >= 11 is 1.53. The minimum atomic E-state index is -1.24. The molecule has 0 atom stereocenters. The Hall–Kier alpha value is -5.34. The van der Waals surface area contributed by atoms with Crippen molar-refractivity contribution in [3.63, 3.8) is 0 Å². The van der Waals surface area contributed by atoms with Gasteiger partial charge in [0.15, 0.2) is 5.01 Å². The zero-order valence-corrected chi connectivity index (χ0v) is 24.9. The van der Waals surface area contributed by atoms with Gasteiger partial charge in [0, 0.05) is 28.1 Å². The van der Waals surface area contributed by atoms with Crippen LogP contribution in [-0.4, -0.2) is 49.3 Å². The minimum Gasteiger partial charge on any atom is -0.497 e. The summed E-state index contributed by atoms with van der Waals surface area (Å²) < 4.78 is 5.21. The molecule has 10 nitrogen and oxygen atoms in total. The van der Waals surface area contributed by atoms with Crippen molar-refractivity contribution in [1.29, 1.82) is 0 Å². The number of rotatable bonds is 8. The largest absolute Gasteiger partial charge is 0.497 e. The van der Waals surface area contributed by atoms with Gasteiger partial charge < -0.3 is 15.2 Å². The average molecular weight is 605 g/mol. The normalized spacial score (nSPS) is 12.6. The van der Waals surface area contributed by atoms with E-state index in [4.69, 9.17) is 4.74 Å². The van der Waals surface area contributed by atoms with Crippen LogP contribution in [0.3, 0.4) is 0 Å². The second-order valence-corrected chi connectivity index (χ2v) is 11.3. The Bertz CT molecular complexity index is 1910. The number of carboxylic acid groups (broad SMARTS) is 1. The van der Waals surface area contributed by atoms with Crippen molar-refractivity contribution in [1.82, 2.24) is 25.2 Å². The molecule has 1 amide bonds. The van der Waals surface area contributed by atoms with E-state index in [2.05, 4.69) is 42.9 Å². The number of nitrogens with one attached hydrogen (secondary N) is 1. The number of aromatic carboxylic acids is 1. The van der Waals surface area contributed by atoms with Crippen LogP contribution in [-0.2, 0) is 6.54 Å². The molecule has 2 N–H and O–H groups in total. The first-order valence-corrected chi connectivity index (χ1v) is 14.9. The molecule has 2 aromatic heterocycles. The molecule has 0 radical (unpaired) electrons. The number of aryl methyl sites for hydroxylation is 1. The fourth-order valence-electron chi connectivity index (χ4n) is 4.94. The second kappa shape index (κ2) is 12.5. The number of carboxylic acids is 1. The maximum atomic E-state index is 13.7. The van der Waals surface area contributed by atoms with E-state index in [0.29, 0.717) is 34.8 Å². The molecule has 44 heavy (non-hydrogen) atoms. The SMILES string of the molecule is COc1ccc(Cn2nnc(-c3c(C)ccc(C(=O)O)c3C(=O)Nc3cccc(C#Cc4nc(C5CCC5)cs4)c3)n2)cc1. The lowest BCUT2D eigenvalue weighted by atomic mass is 9.83. The number of nitrogens with zero attached hydrogens (tertiary/aromatic N) is 5. The first-order valence-electron chi connectivity index (χ1n) is 14.0. The number of carbonyl (C=O) groups is 2. The summed E-state index contributed by atoms with van der Waals surface area (Å²) in [5.41, 5.74) is 3.90. The van der Waals surface area contributed by atoms with Crippen LogP contribution in [0.1, 0.15) is 73.3 Å². The summed E-state index contributed by atoms with van der Waals surface area (Å²) in [6.45, 7) is 2.10. The van der Waals surface area contributed by atoms with Crippen LogP contribution in [0.2, 0.25) is 0 Å². The number of hydrogen-bond donors (Lipinski definition) is 2. The van der Waals surface area contributed by atoms with Gasteiger partial charge in [0.1, 0.15) is 5.75 Å². The van der Waals surface area contributed by atoms with E-state index in [1.165, 1.54) is 41.5 Å². The third-order valence-corrected chi connectivity index (χ3v) is 8.29. The van der Waals surface area contributed by atoms with Crippen LogP contribution < -0.4 is 10.1 Å². The molecule has 1 aliphatic rings. The van der Waals surface area contributed by atoms with Crippen LogP contribution in [0.15, 0.2) is 66.0 Å². The van der Waals surface area contributed by atoms with Gasteiger partial charge in [-0.3, -0.25) is 4.79 Å². The standard InChI is InChI=1S/C33H28N6O4S/c1-20-9-15-26(33(41)42)30(29(20)31-36-38-39(37-31)18-22-10-13-25(43-2)14-11-22)32(40)34-24-8-3-5-21(17-24)12-16-28-35-27(19-44-28)23-6-4-7-23/h3,5,8-11,13-15,17,19,23H,4,6-7,18H2,1-2H3,(H,34,40)(H,41,42). The maximum Gasteiger partial charge on any atom is 0.336 e. The van der Waals surface area contributed by atoms with Crippen LogP contribution in [0.5, 0.6) is 5.75 Å². The lowest BCUT2D eigenvalue weighted by molar-refractivity contribution is 0.0692. The van der Waals surface area contributed by atoms with E-state index >= 15 is 0 Å². The third-order valence-electron chi connectivity index (χ3n) is 7.51. The Balaban J connectivity index is 1.26. The van der Waals surface area contributed by atoms with Gasteiger partial charge >= 0.3 is 5.97 Å². The van der Waals surface area contributed by atoms with Gasteiger partial charge in [0.2, 0.25) is 5.82 Å². The summed E-state index contributed by atoms with van der Waals surface area (Å²) in [5, 5.41) is 28.5. The van der Waals surface area contributed by atoms with E-state index in [1.54, 1.807) is 38.3 Å². The van der Waals surface area contributed by atoms with Gasteiger partial charge in [-0.15, -0.1) is 21.5 Å². The molecule has 0 unspecified atom stereocenters. The fraction of sp³-hybridized carbons (Fsp3) is 0.212. The molecule has 3 aromatic carbocycles. The van der Waals surface area contributed by atoms with Crippen LogP contribution >= 0.6 is 11.3 Å². The van der Waals surface area contributed by atoms with Crippen molar-refractivity contribution >= 4 is 28.9 Å². The highest BCUT2D eigenvalue weighted by atomic mass is 32.1. The van der Waals surface area contributed by atoms with Crippen molar-refractivity contribution in [2.45, 2.75) is 38.6 Å². The fourth-order valence-corrected chi connectivity index (χ4v) is 5.69. The van der Waals surface area contributed by atoms with E-state index in [0.717, 1.165) is 22.0 Å². The van der Waals surface area contributed by atoms with Gasteiger partial charge in [0.25, 0.3) is 5.91 Å². The van der Waals surface area contributed by atoms with Crippen LogP contribution in [0.25, 0.3) is 11.4 Å². The van der Waals surface area contributed by atoms with Crippen molar-refractivity contribution < 1.29 is 19.4 Å². The highest BCUT2D eigenvalue weighted by molar-refractivity contribution is 7.10. The predicted molar refractivity (Wildman–Crippen MR) is 166 cm³/mol. The Morgan fingerprint density at radius 3 is 2.66 bits per heavy atom.